The lowest BCUT2D eigenvalue weighted by Gasteiger charge is -2.17. The summed E-state index contributed by atoms with van der Waals surface area (Å²) in [6.45, 7) is 4.04. The van der Waals surface area contributed by atoms with E-state index in [4.69, 9.17) is 5.73 Å². The number of benzene rings is 1. The molecule has 2 N–H and O–H groups in total. The van der Waals surface area contributed by atoms with E-state index < -0.39 is 0 Å². The van der Waals surface area contributed by atoms with Crippen LogP contribution in [0, 0.1) is 0 Å². The highest BCUT2D eigenvalue weighted by molar-refractivity contribution is 5.81. The van der Waals surface area contributed by atoms with Crippen molar-refractivity contribution in [3.63, 3.8) is 0 Å². The fourth-order valence-corrected chi connectivity index (χ4v) is 1.69. The van der Waals surface area contributed by atoms with Gasteiger partial charge in [0.05, 0.1) is 0 Å². The van der Waals surface area contributed by atoms with Crippen LogP contribution in [0.5, 0.6) is 0 Å². The molecule has 0 spiro atoms. The number of pyridine rings is 1. The van der Waals surface area contributed by atoms with Gasteiger partial charge < -0.3 is 5.73 Å². The Hall–Kier alpha value is -1.41. The van der Waals surface area contributed by atoms with Gasteiger partial charge in [0.25, 0.3) is 0 Å². The monoisotopic (exact) mass is 200 g/mol. The number of hydrogen-bond donors (Lipinski definition) is 1. The zero-order valence-electron chi connectivity index (χ0n) is 9.20. The second kappa shape index (κ2) is 3.63. The van der Waals surface area contributed by atoms with E-state index in [1.54, 1.807) is 0 Å². The third-order valence-electron chi connectivity index (χ3n) is 2.32. The van der Waals surface area contributed by atoms with Crippen molar-refractivity contribution in [3.8, 4) is 0 Å². The van der Waals surface area contributed by atoms with Gasteiger partial charge in [-0.25, -0.2) is 0 Å². The van der Waals surface area contributed by atoms with Gasteiger partial charge in [-0.3, -0.25) is 4.98 Å². The quantitative estimate of drug-likeness (QED) is 0.809. The Balaban J connectivity index is 2.39. The predicted molar refractivity (Wildman–Crippen MR) is 63.7 cm³/mol. The molecule has 0 fully saturated rings. The van der Waals surface area contributed by atoms with E-state index in [-0.39, 0.29) is 5.54 Å². The van der Waals surface area contributed by atoms with Gasteiger partial charge in [-0.05, 0) is 25.3 Å². The van der Waals surface area contributed by atoms with Crippen LogP contribution in [0.25, 0.3) is 10.8 Å². The van der Waals surface area contributed by atoms with E-state index in [1.165, 1.54) is 10.8 Å². The van der Waals surface area contributed by atoms with Crippen molar-refractivity contribution in [1.82, 2.24) is 4.98 Å². The van der Waals surface area contributed by atoms with Crippen LogP contribution in [0.3, 0.4) is 0 Å². The van der Waals surface area contributed by atoms with Crippen molar-refractivity contribution in [2.75, 3.05) is 0 Å². The minimum Gasteiger partial charge on any atom is -0.325 e. The number of rotatable bonds is 2. The molecular formula is C13H16N2. The molecule has 0 bridgehead atoms. The average Bonchev–Trinajstić information content (AvgIpc) is 2.15. The third kappa shape index (κ3) is 2.54. The molecule has 0 aliphatic rings. The van der Waals surface area contributed by atoms with E-state index in [1.807, 2.05) is 32.2 Å². The van der Waals surface area contributed by atoms with Crippen molar-refractivity contribution in [2.24, 2.45) is 5.73 Å². The highest BCUT2D eigenvalue weighted by Crippen LogP contribution is 2.15. The Kier molecular flexibility index (Phi) is 2.45. The third-order valence-corrected chi connectivity index (χ3v) is 2.32. The average molecular weight is 200 g/mol. The summed E-state index contributed by atoms with van der Waals surface area (Å²) in [5.41, 5.74) is 6.83. The van der Waals surface area contributed by atoms with E-state index in [0.29, 0.717) is 0 Å². The van der Waals surface area contributed by atoms with Crippen LogP contribution in [0.1, 0.15) is 19.5 Å². The molecule has 1 aromatic carbocycles. The largest absolute Gasteiger partial charge is 0.325 e. The number of aromatic nitrogens is 1. The SMILES string of the molecule is CC(C)(N)Cc1cc2ccccc2cn1. The standard InChI is InChI=1S/C13H16N2/c1-13(2,14)8-12-7-10-5-3-4-6-11(10)9-15-12/h3-7,9H,8,14H2,1-2H3. The van der Waals surface area contributed by atoms with Gasteiger partial charge in [0, 0.05) is 29.2 Å². The molecule has 0 atom stereocenters. The van der Waals surface area contributed by atoms with Crippen LogP contribution in [0.2, 0.25) is 0 Å². The molecule has 0 aliphatic heterocycles. The summed E-state index contributed by atoms with van der Waals surface area (Å²) in [4.78, 5) is 4.41. The maximum Gasteiger partial charge on any atom is 0.0428 e. The summed E-state index contributed by atoms with van der Waals surface area (Å²) in [7, 11) is 0. The maximum atomic E-state index is 5.97. The maximum absolute atomic E-state index is 5.97. The molecule has 0 saturated heterocycles. The highest BCUT2D eigenvalue weighted by Gasteiger charge is 2.12. The second-order valence-electron chi connectivity index (χ2n) is 4.69. The first kappa shape index (κ1) is 10.1. The fraction of sp³-hybridized carbons (Fsp3) is 0.308. The summed E-state index contributed by atoms with van der Waals surface area (Å²) in [5, 5.41) is 2.41. The number of nitrogens with zero attached hydrogens (tertiary/aromatic N) is 1. The van der Waals surface area contributed by atoms with Gasteiger partial charge in [-0.2, -0.15) is 0 Å². The Morgan fingerprint density at radius 1 is 1.20 bits per heavy atom. The number of fused-ring (bicyclic) bond motifs is 1. The molecule has 2 rings (SSSR count). The van der Waals surface area contributed by atoms with Crippen LogP contribution in [-0.2, 0) is 6.42 Å². The zero-order chi connectivity index (χ0) is 10.9. The predicted octanol–water partition coefficient (Wildman–Crippen LogP) is 2.51. The van der Waals surface area contributed by atoms with Crippen LogP contribution in [-0.4, -0.2) is 10.5 Å². The number of nitrogens with two attached hydrogens (primary N) is 1. The minimum atomic E-state index is -0.199. The minimum absolute atomic E-state index is 0.199. The van der Waals surface area contributed by atoms with Crippen LogP contribution in [0.15, 0.2) is 36.5 Å². The topological polar surface area (TPSA) is 38.9 Å². The van der Waals surface area contributed by atoms with Crippen LogP contribution in [0.4, 0.5) is 0 Å². The smallest absolute Gasteiger partial charge is 0.0428 e. The molecule has 0 aliphatic carbocycles. The van der Waals surface area contributed by atoms with Crippen molar-refractivity contribution in [1.29, 1.82) is 0 Å². The van der Waals surface area contributed by atoms with Gasteiger partial charge in [0.2, 0.25) is 0 Å². The van der Waals surface area contributed by atoms with Gasteiger partial charge in [0.1, 0.15) is 0 Å². The van der Waals surface area contributed by atoms with E-state index in [0.717, 1.165) is 12.1 Å². The molecular weight excluding hydrogens is 184 g/mol. The molecule has 2 heteroatoms. The Morgan fingerprint density at radius 3 is 2.53 bits per heavy atom. The first-order valence-electron chi connectivity index (χ1n) is 5.17. The van der Waals surface area contributed by atoms with Crippen molar-refractivity contribution >= 4 is 10.8 Å². The number of hydrogen-bond acceptors (Lipinski definition) is 2. The lowest BCUT2D eigenvalue weighted by Crippen LogP contribution is -2.34. The molecule has 2 nitrogen and oxygen atoms in total. The molecule has 2 aromatic rings. The molecule has 1 aromatic heterocycles. The first-order valence-corrected chi connectivity index (χ1v) is 5.17. The highest BCUT2D eigenvalue weighted by atomic mass is 14.7. The Labute approximate surface area is 90.1 Å². The lowest BCUT2D eigenvalue weighted by molar-refractivity contribution is 0.510. The van der Waals surface area contributed by atoms with Crippen LogP contribution < -0.4 is 5.73 Å². The van der Waals surface area contributed by atoms with Gasteiger partial charge in [0.15, 0.2) is 0 Å². The summed E-state index contributed by atoms with van der Waals surface area (Å²) in [5.74, 6) is 0. The normalized spacial score (nSPS) is 11.9. The Morgan fingerprint density at radius 2 is 1.87 bits per heavy atom. The van der Waals surface area contributed by atoms with Gasteiger partial charge in [-0.15, -0.1) is 0 Å². The summed E-state index contributed by atoms with van der Waals surface area (Å²) >= 11 is 0. The molecule has 15 heavy (non-hydrogen) atoms. The fourth-order valence-electron chi connectivity index (χ4n) is 1.69. The van der Waals surface area contributed by atoms with Crippen LogP contribution >= 0.6 is 0 Å². The second-order valence-corrected chi connectivity index (χ2v) is 4.69. The van der Waals surface area contributed by atoms with E-state index >= 15 is 0 Å². The first-order chi connectivity index (χ1) is 7.04. The molecule has 1 heterocycles. The van der Waals surface area contributed by atoms with Crippen molar-refractivity contribution in [2.45, 2.75) is 25.8 Å². The lowest BCUT2D eigenvalue weighted by atomic mass is 9.99. The Bertz CT molecular complexity index is 469. The summed E-state index contributed by atoms with van der Waals surface area (Å²) in [6.07, 6.45) is 2.72. The molecule has 78 valence electrons. The van der Waals surface area contributed by atoms with E-state index in [9.17, 15) is 0 Å². The van der Waals surface area contributed by atoms with Gasteiger partial charge in [-0.1, -0.05) is 24.3 Å². The summed E-state index contributed by atoms with van der Waals surface area (Å²) in [6, 6.07) is 10.4. The molecule has 0 saturated carbocycles. The van der Waals surface area contributed by atoms with Crippen molar-refractivity contribution in [3.05, 3.63) is 42.2 Å². The molecule has 0 amide bonds. The van der Waals surface area contributed by atoms with Gasteiger partial charge >= 0.3 is 0 Å². The zero-order valence-corrected chi connectivity index (χ0v) is 9.20. The van der Waals surface area contributed by atoms with Crippen molar-refractivity contribution < 1.29 is 0 Å². The summed E-state index contributed by atoms with van der Waals surface area (Å²) < 4.78 is 0. The molecule has 0 unspecified atom stereocenters. The molecule has 0 radical (unpaired) electrons. The van der Waals surface area contributed by atoms with E-state index in [2.05, 4.69) is 23.2 Å².